The molecule has 3 aromatic rings. The lowest BCUT2D eigenvalue weighted by atomic mass is 9.77. The van der Waals surface area contributed by atoms with Gasteiger partial charge in [-0.15, -0.1) is 0 Å². The Morgan fingerprint density at radius 2 is 1.12 bits per heavy atom. The van der Waals surface area contributed by atoms with E-state index in [-0.39, 0.29) is 5.91 Å². The van der Waals surface area contributed by atoms with E-state index in [4.69, 9.17) is 5.84 Å². The van der Waals surface area contributed by atoms with E-state index in [1.807, 2.05) is 54.6 Å². The minimum absolute atomic E-state index is 0.194. The third-order valence-electron chi connectivity index (χ3n) is 4.52. The highest BCUT2D eigenvalue weighted by molar-refractivity contribution is 5.75. The number of hydrazine groups is 1. The van der Waals surface area contributed by atoms with Crippen LogP contribution in [0.4, 0.5) is 0 Å². The van der Waals surface area contributed by atoms with E-state index in [0.29, 0.717) is 13.0 Å². The SMILES string of the molecule is NNC(=O)CCNC(c1ccccc1)(c1ccccc1)c1ccccc1. The highest BCUT2D eigenvalue weighted by atomic mass is 16.2. The quantitative estimate of drug-likeness (QED) is 0.267. The second kappa shape index (κ2) is 8.43. The molecule has 0 atom stereocenters. The molecule has 0 bridgehead atoms. The number of nitrogens with two attached hydrogens (primary N) is 1. The van der Waals surface area contributed by atoms with Crippen LogP contribution >= 0.6 is 0 Å². The molecule has 0 aliphatic heterocycles. The monoisotopic (exact) mass is 345 g/mol. The second-order valence-electron chi connectivity index (χ2n) is 6.09. The highest BCUT2D eigenvalue weighted by Gasteiger charge is 2.35. The van der Waals surface area contributed by atoms with Crippen molar-refractivity contribution in [3.05, 3.63) is 108 Å². The molecule has 3 rings (SSSR count). The maximum absolute atomic E-state index is 11.6. The van der Waals surface area contributed by atoms with Crippen molar-refractivity contribution in [1.29, 1.82) is 0 Å². The Labute approximate surface area is 154 Å². The molecule has 0 unspecified atom stereocenters. The molecule has 0 saturated heterocycles. The van der Waals surface area contributed by atoms with Crippen LogP contribution in [0, 0.1) is 0 Å². The molecule has 3 aromatic carbocycles. The van der Waals surface area contributed by atoms with Crippen LogP contribution in [0.25, 0.3) is 0 Å². The number of amides is 1. The first kappa shape index (κ1) is 17.9. The minimum atomic E-state index is -0.557. The van der Waals surface area contributed by atoms with E-state index in [0.717, 1.165) is 16.7 Å². The van der Waals surface area contributed by atoms with Gasteiger partial charge in [-0.2, -0.15) is 0 Å². The van der Waals surface area contributed by atoms with Crippen molar-refractivity contribution in [3.63, 3.8) is 0 Å². The van der Waals surface area contributed by atoms with Crippen LogP contribution in [0.2, 0.25) is 0 Å². The first-order valence-corrected chi connectivity index (χ1v) is 8.68. The molecule has 4 nitrogen and oxygen atoms in total. The van der Waals surface area contributed by atoms with Crippen LogP contribution in [0.1, 0.15) is 23.1 Å². The summed E-state index contributed by atoms with van der Waals surface area (Å²) in [5.74, 6) is 5.03. The van der Waals surface area contributed by atoms with Crippen LogP contribution in [-0.4, -0.2) is 12.5 Å². The number of carbonyl (C=O) groups excluding carboxylic acids is 1. The van der Waals surface area contributed by atoms with Crippen molar-refractivity contribution in [1.82, 2.24) is 10.7 Å². The summed E-state index contributed by atoms with van der Waals surface area (Å²) in [7, 11) is 0. The van der Waals surface area contributed by atoms with Gasteiger partial charge in [0.25, 0.3) is 0 Å². The summed E-state index contributed by atoms with van der Waals surface area (Å²) in [6.45, 7) is 0.488. The van der Waals surface area contributed by atoms with Crippen molar-refractivity contribution in [2.45, 2.75) is 12.0 Å². The van der Waals surface area contributed by atoms with Gasteiger partial charge in [-0.05, 0) is 16.7 Å². The third kappa shape index (κ3) is 3.67. The van der Waals surface area contributed by atoms with Crippen LogP contribution in [-0.2, 0) is 10.3 Å². The van der Waals surface area contributed by atoms with E-state index in [1.54, 1.807) is 0 Å². The van der Waals surface area contributed by atoms with Crippen molar-refractivity contribution in [3.8, 4) is 0 Å². The summed E-state index contributed by atoms with van der Waals surface area (Å²) in [6.07, 6.45) is 0.296. The number of benzene rings is 3. The largest absolute Gasteiger partial charge is 0.299 e. The summed E-state index contributed by atoms with van der Waals surface area (Å²) >= 11 is 0. The lowest BCUT2D eigenvalue weighted by Gasteiger charge is -2.37. The minimum Gasteiger partial charge on any atom is -0.299 e. The molecule has 0 aliphatic rings. The molecule has 0 aromatic heterocycles. The second-order valence-corrected chi connectivity index (χ2v) is 6.09. The summed E-state index contributed by atoms with van der Waals surface area (Å²) in [5.41, 5.74) is 4.98. The molecule has 0 aliphatic carbocycles. The zero-order valence-electron chi connectivity index (χ0n) is 14.6. The van der Waals surface area contributed by atoms with Crippen LogP contribution in [0.15, 0.2) is 91.0 Å². The van der Waals surface area contributed by atoms with Gasteiger partial charge in [-0.3, -0.25) is 15.5 Å². The Balaban J connectivity index is 2.13. The molecular weight excluding hydrogens is 322 g/mol. The lowest BCUT2D eigenvalue weighted by molar-refractivity contribution is -0.121. The number of rotatable bonds is 7. The molecule has 0 saturated carbocycles. The van der Waals surface area contributed by atoms with Crippen LogP contribution < -0.4 is 16.6 Å². The summed E-state index contributed by atoms with van der Waals surface area (Å²) in [6, 6.07) is 30.9. The standard InChI is InChI=1S/C22H23N3O/c23-25-21(26)16-17-24-22(18-10-4-1-5-11-18,19-12-6-2-7-13-19)20-14-8-3-9-15-20/h1-15,24H,16-17,23H2,(H,25,26). The Morgan fingerprint density at radius 3 is 1.46 bits per heavy atom. The van der Waals surface area contributed by atoms with Gasteiger partial charge in [-0.25, -0.2) is 5.84 Å². The zero-order chi connectivity index (χ0) is 18.2. The Kier molecular flexibility index (Phi) is 5.79. The summed E-state index contributed by atoms with van der Waals surface area (Å²) in [5, 5.41) is 3.63. The van der Waals surface area contributed by atoms with Crippen molar-refractivity contribution in [2.24, 2.45) is 5.84 Å². The maximum atomic E-state index is 11.6. The molecule has 1 amide bonds. The molecule has 26 heavy (non-hydrogen) atoms. The Morgan fingerprint density at radius 1 is 0.731 bits per heavy atom. The van der Waals surface area contributed by atoms with Crippen molar-refractivity contribution >= 4 is 5.91 Å². The maximum Gasteiger partial charge on any atom is 0.235 e. The lowest BCUT2D eigenvalue weighted by Crippen LogP contribution is -2.46. The fraction of sp³-hybridized carbons (Fsp3) is 0.136. The normalized spacial score (nSPS) is 11.1. The van der Waals surface area contributed by atoms with E-state index in [9.17, 15) is 4.79 Å². The topological polar surface area (TPSA) is 67.1 Å². The summed E-state index contributed by atoms with van der Waals surface area (Å²) < 4.78 is 0. The average Bonchev–Trinajstić information content (AvgIpc) is 2.73. The molecule has 4 heteroatoms. The predicted molar refractivity (Wildman–Crippen MR) is 104 cm³/mol. The van der Waals surface area contributed by atoms with Gasteiger partial charge in [-0.1, -0.05) is 91.0 Å². The van der Waals surface area contributed by atoms with E-state index < -0.39 is 5.54 Å². The fourth-order valence-electron chi connectivity index (χ4n) is 3.31. The average molecular weight is 345 g/mol. The molecule has 0 heterocycles. The molecule has 0 spiro atoms. The molecule has 0 radical (unpaired) electrons. The van der Waals surface area contributed by atoms with E-state index in [1.165, 1.54) is 0 Å². The molecule has 4 N–H and O–H groups in total. The third-order valence-corrected chi connectivity index (χ3v) is 4.52. The van der Waals surface area contributed by atoms with Crippen LogP contribution in [0.3, 0.4) is 0 Å². The number of nitrogens with one attached hydrogen (secondary N) is 2. The highest BCUT2D eigenvalue weighted by Crippen LogP contribution is 2.36. The van der Waals surface area contributed by atoms with Gasteiger partial charge >= 0.3 is 0 Å². The molecule has 0 fully saturated rings. The van der Waals surface area contributed by atoms with Gasteiger partial charge in [0.1, 0.15) is 0 Å². The van der Waals surface area contributed by atoms with E-state index in [2.05, 4.69) is 47.1 Å². The Hall–Kier alpha value is -2.95. The first-order chi connectivity index (χ1) is 12.8. The smallest absolute Gasteiger partial charge is 0.235 e. The van der Waals surface area contributed by atoms with E-state index >= 15 is 0 Å². The molecule has 132 valence electrons. The molecular formula is C22H23N3O. The van der Waals surface area contributed by atoms with Crippen LogP contribution in [0.5, 0.6) is 0 Å². The zero-order valence-corrected chi connectivity index (χ0v) is 14.6. The number of hydrogen-bond acceptors (Lipinski definition) is 3. The number of carbonyl (C=O) groups is 1. The van der Waals surface area contributed by atoms with Crippen molar-refractivity contribution < 1.29 is 4.79 Å². The predicted octanol–water partition coefficient (Wildman–Crippen LogP) is 2.95. The first-order valence-electron chi connectivity index (χ1n) is 8.68. The van der Waals surface area contributed by atoms with Gasteiger partial charge in [0.05, 0.1) is 5.54 Å². The Bertz CT molecular complexity index is 723. The van der Waals surface area contributed by atoms with Gasteiger partial charge < -0.3 is 0 Å². The van der Waals surface area contributed by atoms with Gasteiger partial charge in [0.2, 0.25) is 5.91 Å². The van der Waals surface area contributed by atoms with Crippen molar-refractivity contribution in [2.75, 3.05) is 6.54 Å². The fourth-order valence-corrected chi connectivity index (χ4v) is 3.31. The van der Waals surface area contributed by atoms with Gasteiger partial charge in [0, 0.05) is 13.0 Å². The number of hydrogen-bond donors (Lipinski definition) is 3. The summed E-state index contributed by atoms with van der Waals surface area (Å²) in [4.78, 5) is 11.6. The van der Waals surface area contributed by atoms with Gasteiger partial charge in [0.15, 0.2) is 0 Å².